The molecule has 0 radical (unpaired) electrons. The van der Waals surface area contributed by atoms with E-state index in [4.69, 9.17) is 14.2 Å². The van der Waals surface area contributed by atoms with Gasteiger partial charge in [0.1, 0.15) is 12.5 Å². The quantitative estimate of drug-likeness (QED) is 0.0978. The molecule has 0 aromatic heterocycles. The fraction of sp³-hybridized carbons (Fsp3) is 0.756. The van der Waals surface area contributed by atoms with Gasteiger partial charge < -0.3 is 14.2 Å². The number of carbonyl (C=O) groups is 3. The molecular weight excluding hydrogens is 665 g/mol. The number of nitrogens with zero attached hydrogens (tertiary/aromatic N) is 1. The molecule has 304 valence electrons. The Morgan fingerprint density at radius 1 is 0.585 bits per heavy atom. The number of rotatable bonds is 5. The fourth-order valence-electron chi connectivity index (χ4n) is 6.24. The smallest absolute Gasteiger partial charge is 0.320 e. The monoisotopic (exact) mass is 743 g/mol. The predicted octanol–water partition coefficient (Wildman–Crippen LogP) is 10.9. The Hall–Kier alpha value is -2.71. The summed E-state index contributed by atoms with van der Waals surface area (Å²) >= 11 is 0. The van der Waals surface area contributed by atoms with E-state index in [0.29, 0.717) is 19.9 Å². The van der Waals surface area contributed by atoms with Crippen LogP contribution in [0.4, 0.5) is 0 Å². The van der Waals surface area contributed by atoms with Crippen molar-refractivity contribution >= 4 is 17.9 Å². The summed E-state index contributed by atoms with van der Waals surface area (Å²) in [4.78, 5) is 38.3. The molecule has 0 fully saturated rings. The predicted molar refractivity (Wildman–Crippen MR) is 220 cm³/mol. The molecule has 0 saturated heterocycles. The molecule has 1 heterocycles. The van der Waals surface area contributed by atoms with E-state index in [0.717, 1.165) is 103 Å². The number of nitrogens with one attached hydrogen (secondary N) is 1. The first-order chi connectivity index (χ1) is 26.0. The van der Waals surface area contributed by atoms with Gasteiger partial charge in [0.2, 0.25) is 0 Å². The van der Waals surface area contributed by atoms with Crippen LogP contribution in [-0.4, -0.2) is 69.4 Å². The van der Waals surface area contributed by atoms with E-state index in [2.05, 4.69) is 53.9 Å². The molecule has 8 heteroatoms. The third-order valence-electron chi connectivity index (χ3n) is 9.35. The third-order valence-corrected chi connectivity index (χ3v) is 9.35. The summed E-state index contributed by atoms with van der Waals surface area (Å²) in [5.74, 6) is -1.12. The van der Waals surface area contributed by atoms with Crippen molar-refractivity contribution in [3.63, 3.8) is 0 Å². The minimum Gasteiger partial charge on any atom is -0.465 e. The van der Waals surface area contributed by atoms with E-state index in [-0.39, 0.29) is 25.0 Å². The van der Waals surface area contributed by atoms with Gasteiger partial charge in [-0.3, -0.25) is 24.6 Å². The lowest BCUT2D eigenvalue weighted by atomic mass is 10.0. The molecule has 1 aliphatic rings. The molecular formula is C45H78N2O6. The first-order valence-corrected chi connectivity index (χ1v) is 21.4. The summed E-state index contributed by atoms with van der Waals surface area (Å²) in [5.41, 5.74) is 0. The molecule has 0 spiro atoms. The van der Waals surface area contributed by atoms with Gasteiger partial charge in [0.05, 0.1) is 19.8 Å². The van der Waals surface area contributed by atoms with Crippen LogP contribution in [0.15, 0.2) is 48.6 Å². The largest absolute Gasteiger partial charge is 0.465 e. The zero-order chi connectivity index (χ0) is 38.3. The first-order valence-electron chi connectivity index (χ1n) is 21.4. The summed E-state index contributed by atoms with van der Waals surface area (Å²) in [7, 11) is 3.97. The van der Waals surface area contributed by atoms with Gasteiger partial charge in [0, 0.05) is 6.67 Å². The third kappa shape index (κ3) is 36.1. The summed E-state index contributed by atoms with van der Waals surface area (Å²) in [6, 6.07) is 0. The Labute approximate surface area is 324 Å². The molecule has 0 aliphatic carbocycles. The van der Waals surface area contributed by atoms with Gasteiger partial charge >= 0.3 is 17.9 Å². The number of esters is 3. The van der Waals surface area contributed by atoms with Crippen molar-refractivity contribution < 1.29 is 28.6 Å². The minimum absolute atomic E-state index is 0.0410. The standard InChI is InChI=1S/C45H78N2O6/c1-47(2)41-46-40-45(50)53-42-35-31-27-23-19-15-11-7-3-5-9-13-17-21-25-29-33-37-51-43(48)39-44(49)52-38-34-30-26-22-18-14-10-6-4-8-12-16-20-24-28-32-36-42/h3-6,13-14,17-18,42,46H,7-12,15-16,19-41H2,1-2H3. The molecule has 0 saturated carbocycles. The highest BCUT2D eigenvalue weighted by Crippen LogP contribution is 2.18. The van der Waals surface area contributed by atoms with Crippen molar-refractivity contribution in [1.82, 2.24) is 10.2 Å². The van der Waals surface area contributed by atoms with Crippen LogP contribution in [0.2, 0.25) is 0 Å². The second kappa shape index (κ2) is 37.6. The molecule has 0 unspecified atom stereocenters. The fourth-order valence-corrected chi connectivity index (χ4v) is 6.24. The number of carbonyl (C=O) groups excluding carboxylic acids is 3. The van der Waals surface area contributed by atoms with Crippen LogP contribution in [0.25, 0.3) is 0 Å². The highest BCUT2D eigenvalue weighted by atomic mass is 16.6. The van der Waals surface area contributed by atoms with E-state index >= 15 is 0 Å². The molecule has 0 aromatic carbocycles. The van der Waals surface area contributed by atoms with Gasteiger partial charge in [-0.1, -0.05) is 100.0 Å². The van der Waals surface area contributed by atoms with Gasteiger partial charge in [-0.25, -0.2) is 0 Å². The Kier molecular flexibility index (Phi) is 34.3. The number of ether oxygens (including phenoxy) is 3. The van der Waals surface area contributed by atoms with E-state index in [1.54, 1.807) is 0 Å². The van der Waals surface area contributed by atoms with Gasteiger partial charge in [-0.05, 0) is 130 Å². The van der Waals surface area contributed by atoms with Crippen LogP contribution in [0.1, 0.15) is 173 Å². The van der Waals surface area contributed by atoms with Crippen molar-refractivity contribution in [2.45, 2.75) is 179 Å². The number of allylic oxidation sites excluding steroid dienone is 8. The average Bonchev–Trinajstić information content (AvgIpc) is 3.12. The van der Waals surface area contributed by atoms with Crippen LogP contribution in [0.3, 0.4) is 0 Å². The van der Waals surface area contributed by atoms with Gasteiger partial charge in [0.15, 0.2) is 0 Å². The van der Waals surface area contributed by atoms with Crippen molar-refractivity contribution in [3.05, 3.63) is 48.6 Å². The summed E-state index contributed by atoms with van der Waals surface area (Å²) in [6.45, 7) is 1.65. The van der Waals surface area contributed by atoms with E-state index in [1.165, 1.54) is 64.2 Å². The normalized spacial score (nSPS) is 21.5. The lowest BCUT2D eigenvalue weighted by Crippen LogP contribution is -2.34. The van der Waals surface area contributed by atoms with Gasteiger partial charge in [-0.2, -0.15) is 0 Å². The Morgan fingerprint density at radius 2 is 0.962 bits per heavy atom. The molecule has 1 N–H and O–H groups in total. The maximum atomic E-state index is 12.5. The van der Waals surface area contributed by atoms with Gasteiger partial charge in [-0.15, -0.1) is 0 Å². The molecule has 1 aliphatic heterocycles. The van der Waals surface area contributed by atoms with Crippen LogP contribution in [0, 0.1) is 0 Å². The van der Waals surface area contributed by atoms with Crippen LogP contribution in [0.5, 0.6) is 0 Å². The maximum Gasteiger partial charge on any atom is 0.320 e. The van der Waals surface area contributed by atoms with Crippen molar-refractivity contribution in [1.29, 1.82) is 0 Å². The number of cyclic esters (lactones) is 2. The lowest BCUT2D eigenvalue weighted by molar-refractivity contribution is -0.155. The zero-order valence-electron chi connectivity index (χ0n) is 34.0. The Morgan fingerprint density at radius 3 is 1.38 bits per heavy atom. The van der Waals surface area contributed by atoms with E-state index < -0.39 is 11.9 Å². The Bertz CT molecular complexity index is 941. The highest BCUT2D eigenvalue weighted by Gasteiger charge is 2.14. The lowest BCUT2D eigenvalue weighted by Gasteiger charge is -2.19. The zero-order valence-corrected chi connectivity index (χ0v) is 34.0. The molecule has 53 heavy (non-hydrogen) atoms. The average molecular weight is 743 g/mol. The van der Waals surface area contributed by atoms with E-state index in [1.807, 2.05) is 19.0 Å². The topological polar surface area (TPSA) is 94.2 Å². The van der Waals surface area contributed by atoms with E-state index in [9.17, 15) is 14.4 Å². The molecule has 1 rings (SSSR count). The summed E-state index contributed by atoms with van der Waals surface area (Å²) < 4.78 is 16.4. The molecule has 0 aromatic rings. The summed E-state index contributed by atoms with van der Waals surface area (Å²) in [5, 5.41) is 3.16. The van der Waals surface area contributed by atoms with Crippen molar-refractivity contribution in [2.75, 3.05) is 40.5 Å². The van der Waals surface area contributed by atoms with Gasteiger partial charge in [0.25, 0.3) is 0 Å². The van der Waals surface area contributed by atoms with Crippen molar-refractivity contribution in [2.24, 2.45) is 0 Å². The van der Waals surface area contributed by atoms with Crippen LogP contribution < -0.4 is 5.32 Å². The second-order valence-corrected chi connectivity index (χ2v) is 14.8. The second-order valence-electron chi connectivity index (χ2n) is 14.8. The Balaban J connectivity index is 2.43. The molecule has 0 atom stereocenters. The first kappa shape index (κ1) is 48.3. The van der Waals surface area contributed by atoms with Crippen LogP contribution >= 0.6 is 0 Å². The molecule has 0 amide bonds. The summed E-state index contributed by atoms with van der Waals surface area (Å²) in [6.07, 6.45) is 46.5. The number of hydrogen-bond donors (Lipinski definition) is 1. The maximum absolute atomic E-state index is 12.5. The SMILES string of the molecule is CN(C)CNCC(=O)OC1CCCCCCCCC=CCC=CCCCCCOC(=O)CC(=O)OCCCCCC=CCC=CCCCCCCCC1. The van der Waals surface area contributed by atoms with Crippen LogP contribution in [-0.2, 0) is 28.6 Å². The molecule has 0 bridgehead atoms. The molecule has 8 nitrogen and oxygen atoms in total. The minimum atomic E-state index is -0.495. The number of hydrogen-bond acceptors (Lipinski definition) is 8. The van der Waals surface area contributed by atoms with Crippen molar-refractivity contribution in [3.8, 4) is 0 Å². The highest BCUT2D eigenvalue weighted by molar-refractivity contribution is 5.91.